The topological polar surface area (TPSA) is 73.2 Å². The van der Waals surface area contributed by atoms with Crippen LogP contribution in [0.2, 0.25) is 0 Å². The van der Waals surface area contributed by atoms with Crippen molar-refractivity contribution in [3.8, 4) is 6.07 Å². The molecule has 4 rings (SSSR count). The van der Waals surface area contributed by atoms with E-state index in [1.807, 2.05) is 56.3 Å². The van der Waals surface area contributed by atoms with Crippen molar-refractivity contribution in [2.75, 3.05) is 4.90 Å². The Hall–Kier alpha value is -4.03. The van der Waals surface area contributed by atoms with E-state index in [1.165, 1.54) is 17.0 Å². The van der Waals surface area contributed by atoms with Crippen LogP contribution in [0.3, 0.4) is 0 Å². The Bertz CT molecular complexity index is 1450. The van der Waals surface area contributed by atoms with Crippen molar-refractivity contribution in [3.63, 3.8) is 0 Å². The van der Waals surface area contributed by atoms with Crippen molar-refractivity contribution in [1.29, 1.82) is 5.26 Å². The molecule has 0 saturated carbocycles. The predicted octanol–water partition coefficient (Wildman–Crippen LogP) is 6.06. The molecule has 0 spiro atoms. The van der Waals surface area contributed by atoms with Crippen LogP contribution in [0.4, 0.5) is 18.9 Å². The minimum absolute atomic E-state index is 0.00259. The molecule has 1 atom stereocenters. The Morgan fingerprint density at radius 3 is 2.37 bits per heavy atom. The van der Waals surface area contributed by atoms with Gasteiger partial charge in [0.2, 0.25) is 5.91 Å². The first kappa shape index (κ1) is 27.0. The fourth-order valence-corrected chi connectivity index (χ4v) is 5.35. The van der Waals surface area contributed by atoms with Crippen LogP contribution in [0.25, 0.3) is 0 Å². The van der Waals surface area contributed by atoms with Crippen LogP contribution in [0.15, 0.2) is 83.4 Å². The number of anilines is 1. The van der Waals surface area contributed by atoms with Gasteiger partial charge in [-0.25, -0.2) is 0 Å². The number of rotatable bonds is 6. The van der Waals surface area contributed by atoms with Crippen LogP contribution in [0.5, 0.6) is 0 Å². The fraction of sp³-hybridized carbons (Fsp3) is 0.207. The van der Waals surface area contributed by atoms with Gasteiger partial charge in [0, 0.05) is 12.2 Å². The molecule has 3 aromatic rings. The maximum atomic E-state index is 13.6. The predicted molar refractivity (Wildman–Crippen MR) is 141 cm³/mol. The third kappa shape index (κ3) is 5.92. The van der Waals surface area contributed by atoms with Crippen LogP contribution in [0, 0.1) is 25.2 Å². The van der Waals surface area contributed by atoms with E-state index in [2.05, 4.69) is 5.32 Å². The van der Waals surface area contributed by atoms with E-state index < -0.39 is 28.8 Å². The summed E-state index contributed by atoms with van der Waals surface area (Å²) >= 11 is 1.01. The highest BCUT2D eigenvalue weighted by Gasteiger charge is 2.41. The third-order valence-electron chi connectivity index (χ3n) is 6.23. The van der Waals surface area contributed by atoms with Gasteiger partial charge in [-0.05, 0) is 60.7 Å². The van der Waals surface area contributed by atoms with Gasteiger partial charge < -0.3 is 5.32 Å². The molecule has 2 amide bonds. The van der Waals surface area contributed by atoms with Gasteiger partial charge in [-0.3, -0.25) is 14.5 Å². The van der Waals surface area contributed by atoms with Crippen LogP contribution in [-0.4, -0.2) is 17.1 Å². The average molecular weight is 536 g/mol. The Morgan fingerprint density at radius 1 is 1.00 bits per heavy atom. The van der Waals surface area contributed by atoms with Gasteiger partial charge >= 0.3 is 6.18 Å². The summed E-state index contributed by atoms with van der Waals surface area (Å²) in [4.78, 5) is 28.0. The minimum Gasteiger partial charge on any atom is -0.347 e. The molecule has 5 nitrogen and oxygen atoms in total. The number of carbonyl (C=O) groups is 2. The lowest BCUT2D eigenvalue weighted by Crippen LogP contribution is -2.32. The fourth-order valence-electron chi connectivity index (χ4n) is 4.04. The van der Waals surface area contributed by atoms with Crippen molar-refractivity contribution in [1.82, 2.24) is 5.32 Å². The van der Waals surface area contributed by atoms with Gasteiger partial charge in [0.05, 0.1) is 10.8 Å². The molecule has 0 aromatic heterocycles. The number of halogens is 3. The number of aryl methyl sites for hydroxylation is 2. The molecule has 1 N–H and O–H groups in total. The van der Waals surface area contributed by atoms with Crippen LogP contribution < -0.4 is 10.2 Å². The Balaban J connectivity index is 1.70. The molecular formula is C29H24F3N3O2S. The van der Waals surface area contributed by atoms with E-state index in [-0.39, 0.29) is 23.6 Å². The maximum absolute atomic E-state index is 13.6. The lowest BCUT2D eigenvalue weighted by Gasteiger charge is -2.20. The van der Waals surface area contributed by atoms with E-state index in [0.29, 0.717) is 11.3 Å². The molecular weight excluding hydrogens is 511 g/mol. The normalized spacial score (nSPS) is 16.8. The molecule has 1 fully saturated rings. The summed E-state index contributed by atoms with van der Waals surface area (Å²) in [6.45, 7) is 3.99. The Labute approximate surface area is 223 Å². The molecule has 194 valence electrons. The minimum atomic E-state index is -4.51. The number of carbonyl (C=O) groups excluding carboxylic acids is 2. The molecule has 1 unspecified atom stereocenters. The summed E-state index contributed by atoms with van der Waals surface area (Å²) in [7, 11) is 0. The number of amides is 2. The Kier molecular flexibility index (Phi) is 7.93. The number of thioether (sulfide) groups is 1. The van der Waals surface area contributed by atoms with Crippen molar-refractivity contribution in [3.05, 3.63) is 111 Å². The van der Waals surface area contributed by atoms with E-state index in [9.17, 15) is 28.0 Å². The smallest absolute Gasteiger partial charge is 0.347 e. The van der Waals surface area contributed by atoms with Gasteiger partial charge in [-0.1, -0.05) is 66.4 Å². The molecule has 0 bridgehead atoms. The summed E-state index contributed by atoms with van der Waals surface area (Å²) in [6, 6.07) is 21.3. The van der Waals surface area contributed by atoms with Gasteiger partial charge in [0.15, 0.2) is 0 Å². The number of hydrogen-bond donors (Lipinski definition) is 1. The number of nitrogens with one attached hydrogen (secondary N) is 1. The monoisotopic (exact) mass is 535 g/mol. The van der Waals surface area contributed by atoms with Crippen molar-refractivity contribution < 1.29 is 22.8 Å². The average Bonchev–Trinajstić information content (AvgIpc) is 3.20. The van der Waals surface area contributed by atoms with Gasteiger partial charge in [0.25, 0.3) is 5.91 Å². The van der Waals surface area contributed by atoms with Crippen LogP contribution >= 0.6 is 11.8 Å². The van der Waals surface area contributed by atoms with Gasteiger partial charge in [-0.2, -0.15) is 18.4 Å². The molecule has 1 aliphatic heterocycles. The zero-order valence-electron chi connectivity index (χ0n) is 20.7. The first-order valence-electron chi connectivity index (χ1n) is 11.8. The second-order valence-corrected chi connectivity index (χ2v) is 10.1. The summed E-state index contributed by atoms with van der Waals surface area (Å²) < 4.78 is 39.7. The third-order valence-corrected chi connectivity index (χ3v) is 7.49. The molecule has 1 saturated heterocycles. The Morgan fingerprint density at radius 2 is 1.71 bits per heavy atom. The van der Waals surface area contributed by atoms with E-state index >= 15 is 0 Å². The molecule has 0 radical (unpaired) electrons. The largest absolute Gasteiger partial charge is 0.416 e. The zero-order valence-corrected chi connectivity index (χ0v) is 21.5. The quantitative estimate of drug-likeness (QED) is 0.307. The van der Waals surface area contributed by atoms with Gasteiger partial charge in [0.1, 0.15) is 16.7 Å². The molecule has 1 aliphatic rings. The van der Waals surface area contributed by atoms with Crippen molar-refractivity contribution in [2.45, 2.75) is 38.2 Å². The number of alkyl halides is 3. The molecule has 9 heteroatoms. The first-order valence-corrected chi connectivity index (χ1v) is 12.7. The number of nitriles is 1. The maximum Gasteiger partial charge on any atom is 0.416 e. The highest BCUT2D eigenvalue weighted by atomic mass is 32.2. The van der Waals surface area contributed by atoms with Crippen molar-refractivity contribution in [2.24, 2.45) is 0 Å². The highest BCUT2D eigenvalue weighted by Crippen LogP contribution is 2.42. The lowest BCUT2D eigenvalue weighted by molar-refractivity contribution is -0.137. The molecule has 1 heterocycles. The first-order chi connectivity index (χ1) is 18.1. The van der Waals surface area contributed by atoms with E-state index in [1.54, 1.807) is 12.1 Å². The molecule has 38 heavy (non-hydrogen) atoms. The number of hydrogen-bond acceptors (Lipinski definition) is 4. The van der Waals surface area contributed by atoms with Crippen LogP contribution in [-0.2, 0) is 28.7 Å². The van der Waals surface area contributed by atoms with E-state index in [4.69, 9.17) is 0 Å². The highest BCUT2D eigenvalue weighted by molar-refractivity contribution is 8.05. The number of benzene rings is 3. The van der Waals surface area contributed by atoms with Gasteiger partial charge in [-0.15, -0.1) is 0 Å². The summed E-state index contributed by atoms with van der Waals surface area (Å²) in [5, 5.41) is 12.0. The standard InChI is InChI=1S/C29H24F3N3O2S/c1-18-11-12-23(13-19(18)2)35-27(37)25(15-21-9-6-10-22(14-21)29(30,31)32)38-28(35)24(16-33)26(36)34-17-20-7-4-3-5-8-20/h3-14,25H,15,17H2,1-2H3,(H,34,36)/b28-24-. The van der Waals surface area contributed by atoms with Crippen molar-refractivity contribution >= 4 is 29.3 Å². The lowest BCUT2D eigenvalue weighted by atomic mass is 10.0. The summed E-state index contributed by atoms with van der Waals surface area (Å²) in [6.07, 6.45) is -4.51. The zero-order chi connectivity index (χ0) is 27.4. The number of nitrogens with zero attached hydrogens (tertiary/aromatic N) is 2. The van der Waals surface area contributed by atoms with E-state index in [0.717, 1.165) is 40.6 Å². The SMILES string of the molecule is Cc1ccc(N2C(=O)C(Cc3cccc(C(F)(F)F)c3)S/C2=C(/C#N)C(=O)NCc2ccccc2)cc1C. The van der Waals surface area contributed by atoms with Crippen LogP contribution in [0.1, 0.15) is 27.8 Å². The molecule has 0 aliphatic carbocycles. The molecule has 3 aromatic carbocycles. The second-order valence-electron chi connectivity index (χ2n) is 8.91. The summed E-state index contributed by atoms with van der Waals surface area (Å²) in [5.41, 5.74) is 2.53. The second kappa shape index (κ2) is 11.2. The summed E-state index contributed by atoms with van der Waals surface area (Å²) in [5.74, 6) is -1.05.